The Labute approximate surface area is 92.9 Å². The van der Waals surface area contributed by atoms with Gasteiger partial charge in [0, 0.05) is 5.57 Å². The third-order valence-corrected chi connectivity index (χ3v) is 2.44. The molecule has 0 radical (unpaired) electrons. The van der Waals surface area contributed by atoms with Gasteiger partial charge in [0.1, 0.15) is 6.61 Å². The Bertz CT molecular complexity index is 418. The predicted octanol–water partition coefficient (Wildman–Crippen LogP) is 2.42. The first kappa shape index (κ1) is 10.2. The lowest BCUT2D eigenvalue weighted by atomic mass is 10.1. The molecular formula is C10H11ClN2O2. The molecule has 0 saturated carbocycles. The van der Waals surface area contributed by atoms with Crippen LogP contribution in [-0.2, 0) is 11.3 Å². The van der Waals surface area contributed by atoms with Gasteiger partial charge >= 0.3 is 0 Å². The van der Waals surface area contributed by atoms with Crippen LogP contribution < -0.4 is 4.74 Å². The van der Waals surface area contributed by atoms with E-state index in [0.29, 0.717) is 12.5 Å². The molecule has 0 aromatic carbocycles. The number of nitrogens with zero attached hydrogens (tertiary/aromatic N) is 2. The molecule has 1 aliphatic heterocycles. The zero-order valence-electron chi connectivity index (χ0n) is 8.58. The van der Waals surface area contributed by atoms with Crippen LogP contribution in [0.5, 0.6) is 5.88 Å². The number of allylic oxidation sites excluding steroid dienone is 1. The quantitative estimate of drug-likeness (QED) is 0.727. The molecule has 0 amide bonds. The van der Waals surface area contributed by atoms with Crippen molar-refractivity contribution in [1.29, 1.82) is 0 Å². The second-order valence-electron chi connectivity index (χ2n) is 3.14. The number of hydrogen-bond acceptors (Lipinski definition) is 4. The molecule has 5 heteroatoms. The molecule has 0 N–H and O–H groups in total. The maximum absolute atomic E-state index is 5.81. The monoisotopic (exact) mass is 226 g/mol. The molecule has 1 aromatic heterocycles. The minimum absolute atomic E-state index is 0.201. The van der Waals surface area contributed by atoms with Gasteiger partial charge in [0.2, 0.25) is 11.2 Å². The average molecular weight is 227 g/mol. The van der Waals surface area contributed by atoms with Crippen LogP contribution in [-0.4, -0.2) is 17.1 Å². The normalized spacial score (nSPS) is 13.9. The topological polar surface area (TPSA) is 44.2 Å². The summed E-state index contributed by atoms with van der Waals surface area (Å²) in [6.45, 7) is 2.46. The zero-order valence-corrected chi connectivity index (χ0v) is 9.34. The van der Waals surface area contributed by atoms with Gasteiger partial charge in [-0.1, -0.05) is 6.92 Å². The lowest BCUT2D eigenvalue weighted by molar-refractivity contribution is 0.224. The van der Waals surface area contributed by atoms with Crippen molar-refractivity contribution >= 4 is 17.2 Å². The average Bonchev–Trinajstić information content (AvgIpc) is 2.27. The minimum Gasteiger partial charge on any atom is -0.496 e. The van der Waals surface area contributed by atoms with Crippen molar-refractivity contribution < 1.29 is 9.47 Å². The van der Waals surface area contributed by atoms with Gasteiger partial charge < -0.3 is 9.47 Å². The Kier molecular flexibility index (Phi) is 2.77. The van der Waals surface area contributed by atoms with Gasteiger partial charge in [0.25, 0.3) is 0 Å². The number of halogens is 1. The maximum atomic E-state index is 5.81. The van der Waals surface area contributed by atoms with E-state index < -0.39 is 0 Å². The van der Waals surface area contributed by atoms with Crippen LogP contribution in [0.25, 0.3) is 5.57 Å². The van der Waals surface area contributed by atoms with E-state index in [1.807, 2.05) is 6.92 Å². The summed E-state index contributed by atoms with van der Waals surface area (Å²) in [5.41, 5.74) is 2.71. The molecule has 2 heterocycles. The summed E-state index contributed by atoms with van der Waals surface area (Å²) >= 11 is 5.81. The highest BCUT2D eigenvalue weighted by atomic mass is 35.5. The summed E-state index contributed by atoms with van der Waals surface area (Å²) in [5.74, 6) is 0.490. The van der Waals surface area contributed by atoms with Crippen LogP contribution in [0.2, 0.25) is 5.28 Å². The second kappa shape index (κ2) is 4.06. The Morgan fingerprint density at radius 1 is 1.53 bits per heavy atom. The molecule has 0 atom stereocenters. The zero-order chi connectivity index (χ0) is 10.8. The van der Waals surface area contributed by atoms with E-state index in [1.165, 1.54) is 0 Å². The number of ether oxygens (including phenoxy) is 2. The molecule has 4 nitrogen and oxygen atoms in total. The standard InChI is InChI=1S/C10H11ClN2O2/c1-3-6-4-15-5-7-8(6)12-10(11)13-9(7)14-2/h4H,3,5H2,1-2H3. The summed E-state index contributed by atoms with van der Waals surface area (Å²) in [5, 5.41) is 0.201. The van der Waals surface area contributed by atoms with Gasteiger partial charge in [-0.15, -0.1) is 0 Å². The Morgan fingerprint density at radius 2 is 2.33 bits per heavy atom. The maximum Gasteiger partial charge on any atom is 0.226 e. The van der Waals surface area contributed by atoms with Crippen LogP contribution >= 0.6 is 11.6 Å². The molecule has 1 aliphatic rings. The van der Waals surface area contributed by atoms with Crippen molar-refractivity contribution in [2.45, 2.75) is 20.0 Å². The Balaban J connectivity index is 2.58. The highest BCUT2D eigenvalue weighted by Gasteiger charge is 2.20. The molecule has 0 spiro atoms. The number of rotatable bonds is 2. The van der Waals surface area contributed by atoms with Crippen molar-refractivity contribution in [2.75, 3.05) is 7.11 Å². The van der Waals surface area contributed by atoms with E-state index >= 15 is 0 Å². The van der Waals surface area contributed by atoms with Crippen LogP contribution in [0.3, 0.4) is 0 Å². The van der Waals surface area contributed by atoms with E-state index in [9.17, 15) is 0 Å². The summed E-state index contributed by atoms with van der Waals surface area (Å²) in [4.78, 5) is 8.20. The summed E-state index contributed by atoms with van der Waals surface area (Å²) in [6.07, 6.45) is 2.55. The number of hydrogen-bond donors (Lipinski definition) is 0. The molecule has 0 saturated heterocycles. The highest BCUT2D eigenvalue weighted by Crippen LogP contribution is 2.31. The van der Waals surface area contributed by atoms with Gasteiger partial charge in [-0.2, -0.15) is 4.98 Å². The van der Waals surface area contributed by atoms with Gasteiger partial charge in [-0.25, -0.2) is 4.98 Å². The van der Waals surface area contributed by atoms with E-state index in [2.05, 4.69) is 9.97 Å². The first-order chi connectivity index (χ1) is 7.26. The van der Waals surface area contributed by atoms with Gasteiger partial charge in [0.05, 0.1) is 24.6 Å². The Hall–Kier alpha value is -1.29. The first-order valence-electron chi connectivity index (χ1n) is 4.67. The predicted molar refractivity (Wildman–Crippen MR) is 56.7 cm³/mol. The van der Waals surface area contributed by atoms with E-state index in [0.717, 1.165) is 23.3 Å². The molecule has 0 bridgehead atoms. The molecule has 2 rings (SSSR count). The highest BCUT2D eigenvalue weighted by molar-refractivity contribution is 6.28. The van der Waals surface area contributed by atoms with Gasteiger partial charge in [-0.3, -0.25) is 0 Å². The van der Waals surface area contributed by atoms with Crippen molar-refractivity contribution in [3.8, 4) is 5.88 Å². The summed E-state index contributed by atoms with van der Waals surface area (Å²) in [6, 6.07) is 0. The molecule has 1 aromatic rings. The fourth-order valence-electron chi connectivity index (χ4n) is 1.53. The first-order valence-corrected chi connectivity index (χ1v) is 5.05. The smallest absolute Gasteiger partial charge is 0.226 e. The summed E-state index contributed by atoms with van der Waals surface area (Å²) in [7, 11) is 1.56. The third-order valence-electron chi connectivity index (χ3n) is 2.27. The van der Waals surface area contributed by atoms with E-state index in [4.69, 9.17) is 21.1 Å². The summed E-state index contributed by atoms with van der Waals surface area (Å²) < 4.78 is 10.5. The van der Waals surface area contributed by atoms with Gasteiger partial charge in [-0.05, 0) is 18.0 Å². The van der Waals surface area contributed by atoms with Crippen LogP contribution in [0.1, 0.15) is 24.6 Å². The number of fused-ring (bicyclic) bond motifs is 1. The van der Waals surface area contributed by atoms with Crippen LogP contribution in [0.15, 0.2) is 6.26 Å². The minimum atomic E-state index is 0.201. The van der Waals surface area contributed by atoms with Crippen molar-refractivity contribution in [2.24, 2.45) is 0 Å². The van der Waals surface area contributed by atoms with Gasteiger partial charge in [0.15, 0.2) is 0 Å². The van der Waals surface area contributed by atoms with Crippen molar-refractivity contribution in [1.82, 2.24) is 9.97 Å². The fourth-order valence-corrected chi connectivity index (χ4v) is 1.70. The SMILES string of the molecule is CCC1=COCc2c(OC)nc(Cl)nc21. The molecule has 0 fully saturated rings. The van der Waals surface area contributed by atoms with E-state index in [1.54, 1.807) is 13.4 Å². The van der Waals surface area contributed by atoms with Crippen molar-refractivity contribution in [3.05, 3.63) is 22.8 Å². The van der Waals surface area contributed by atoms with E-state index in [-0.39, 0.29) is 5.28 Å². The molecular weight excluding hydrogens is 216 g/mol. The molecule has 0 aliphatic carbocycles. The van der Waals surface area contributed by atoms with Crippen LogP contribution in [0.4, 0.5) is 0 Å². The molecule has 0 unspecified atom stereocenters. The molecule has 80 valence electrons. The largest absolute Gasteiger partial charge is 0.496 e. The number of aromatic nitrogens is 2. The Morgan fingerprint density at radius 3 is 3.00 bits per heavy atom. The third kappa shape index (κ3) is 1.77. The van der Waals surface area contributed by atoms with Crippen molar-refractivity contribution in [3.63, 3.8) is 0 Å². The fraction of sp³-hybridized carbons (Fsp3) is 0.400. The lowest BCUT2D eigenvalue weighted by Crippen LogP contribution is -2.08. The second-order valence-corrected chi connectivity index (χ2v) is 3.47. The lowest BCUT2D eigenvalue weighted by Gasteiger charge is -2.18. The molecule has 15 heavy (non-hydrogen) atoms. The number of methoxy groups -OCH3 is 1. The van der Waals surface area contributed by atoms with Crippen LogP contribution in [0, 0.1) is 0 Å².